The number of carbonyl (C=O) groups excluding carboxylic acids is 2. The molecule has 2 aromatic rings. The smallest absolute Gasteiger partial charge is 0.407 e. The van der Waals surface area contributed by atoms with Gasteiger partial charge in [-0.2, -0.15) is 0 Å². The Kier molecular flexibility index (Phi) is 8.79. The van der Waals surface area contributed by atoms with Crippen molar-refractivity contribution in [2.45, 2.75) is 24.9 Å². The molecule has 1 aliphatic carbocycles. The molecule has 9 heteroatoms. The summed E-state index contributed by atoms with van der Waals surface area (Å²) in [6, 6.07) is 16.0. The number of amides is 2. The summed E-state index contributed by atoms with van der Waals surface area (Å²) in [5.74, 6) is -1.42. The van der Waals surface area contributed by atoms with Gasteiger partial charge in [-0.3, -0.25) is 9.59 Å². The van der Waals surface area contributed by atoms with Crippen LogP contribution in [0.2, 0.25) is 0 Å². The third-order valence-electron chi connectivity index (χ3n) is 5.28. The van der Waals surface area contributed by atoms with E-state index in [-0.39, 0.29) is 51.7 Å². The molecule has 1 aliphatic rings. The number of carboxylic acid groups (broad SMARTS) is 1. The van der Waals surface area contributed by atoms with Crippen molar-refractivity contribution in [2.75, 3.05) is 32.9 Å². The molecule has 2 amide bonds. The van der Waals surface area contributed by atoms with Gasteiger partial charge < -0.3 is 30.3 Å². The van der Waals surface area contributed by atoms with Crippen molar-refractivity contribution in [1.29, 1.82) is 0 Å². The Morgan fingerprint density at radius 1 is 0.939 bits per heavy atom. The summed E-state index contributed by atoms with van der Waals surface area (Å²) < 4.78 is 10.5. The van der Waals surface area contributed by atoms with Crippen LogP contribution in [-0.2, 0) is 19.1 Å². The first-order valence-corrected chi connectivity index (χ1v) is 10.8. The molecule has 3 rings (SSSR count). The zero-order chi connectivity index (χ0) is 23.6. The maximum atomic E-state index is 12.1. The summed E-state index contributed by atoms with van der Waals surface area (Å²) in [6.07, 6.45) is -2.03. The highest BCUT2D eigenvalue weighted by Crippen LogP contribution is 2.44. The number of aliphatic hydroxyl groups excluding tert-OH is 1. The number of ether oxygens (including phenoxy) is 2. The summed E-state index contributed by atoms with van der Waals surface area (Å²) in [5.41, 5.74) is 4.48. The SMILES string of the molecule is O=C(O)CCOCCNC(=O)CC(O)CNC(=O)OCC1c2ccccc2-c2ccccc21. The van der Waals surface area contributed by atoms with E-state index >= 15 is 0 Å². The van der Waals surface area contributed by atoms with E-state index in [1.165, 1.54) is 0 Å². The molecule has 4 N–H and O–H groups in total. The van der Waals surface area contributed by atoms with Crippen LogP contribution in [0.15, 0.2) is 48.5 Å². The second-order valence-electron chi connectivity index (χ2n) is 7.67. The maximum absolute atomic E-state index is 12.1. The van der Waals surface area contributed by atoms with E-state index in [0.29, 0.717) is 0 Å². The van der Waals surface area contributed by atoms with Crippen molar-refractivity contribution in [3.05, 3.63) is 59.7 Å². The summed E-state index contributed by atoms with van der Waals surface area (Å²) in [6.45, 7) is 0.480. The van der Waals surface area contributed by atoms with Crippen molar-refractivity contribution in [3.63, 3.8) is 0 Å². The molecule has 0 saturated carbocycles. The predicted octanol–water partition coefficient (Wildman–Crippen LogP) is 1.88. The Labute approximate surface area is 191 Å². The summed E-state index contributed by atoms with van der Waals surface area (Å²) in [7, 11) is 0. The van der Waals surface area contributed by atoms with Crippen molar-refractivity contribution in [3.8, 4) is 11.1 Å². The van der Waals surface area contributed by atoms with E-state index in [0.717, 1.165) is 22.3 Å². The highest BCUT2D eigenvalue weighted by Gasteiger charge is 2.29. The Balaban J connectivity index is 1.35. The van der Waals surface area contributed by atoms with Crippen LogP contribution in [0.1, 0.15) is 29.9 Å². The number of carbonyl (C=O) groups is 3. The minimum absolute atomic E-state index is 0.0587. The Hall–Kier alpha value is -3.43. The van der Waals surface area contributed by atoms with Crippen LogP contribution in [0.3, 0.4) is 0 Å². The van der Waals surface area contributed by atoms with Crippen LogP contribution >= 0.6 is 0 Å². The molecular formula is C24H28N2O7. The van der Waals surface area contributed by atoms with Gasteiger partial charge in [-0.05, 0) is 22.3 Å². The van der Waals surface area contributed by atoms with Gasteiger partial charge in [-0.1, -0.05) is 48.5 Å². The number of alkyl carbamates (subject to hydrolysis) is 1. The monoisotopic (exact) mass is 456 g/mol. The average Bonchev–Trinajstić information content (AvgIpc) is 3.12. The number of benzene rings is 2. The molecule has 176 valence electrons. The van der Waals surface area contributed by atoms with E-state index in [2.05, 4.69) is 22.8 Å². The molecule has 2 aromatic carbocycles. The maximum Gasteiger partial charge on any atom is 0.407 e. The van der Waals surface area contributed by atoms with E-state index in [1.807, 2.05) is 36.4 Å². The number of hydrogen-bond donors (Lipinski definition) is 4. The van der Waals surface area contributed by atoms with E-state index in [1.54, 1.807) is 0 Å². The van der Waals surface area contributed by atoms with Crippen LogP contribution in [0.5, 0.6) is 0 Å². The molecule has 0 aromatic heterocycles. The minimum Gasteiger partial charge on any atom is -0.481 e. The van der Waals surface area contributed by atoms with Crippen LogP contribution in [0, 0.1) is 0 Å². The standard InChI is InChI=1S/C24H28N2O7/c27-16(13-22(28)25-10-12-32-11-9-23(29)30)14-26-24(31)33-15-21-19-7-3-1-5-17(19)18-6-2-4-8-20(18)21/h1-8,16,21,27H,9-15H2,(H,25,28)(H,26,31)(H,29,30). The number of carboxylic acids is 1. The summed E-state index contributed by atoms with van der Waals surface area (Å²) in [4.78, 5) is 34.3. The molecule has 0 heterocycles. The first-order valence-electron chi connectivity index (χ1n) is 10.8. The second-order valence-corrected chi connectivity index (χ2v) is 7.67. The fourth-order valence-electron chi connectivity index (χ4n) is 3.73. The number of hydrogen-bond acceptors (Lipinski definition) is 6. The second kappa shape index (κ2) is 12.0. The third-order valence-corrected chi connectivity index (χ3v) is 5.28. The lowest BCUT2D eigenvalue weighted by atomic mass is 9.98. The molecular weight excluding hydrogens is 428 g/mol. The number of aliphatic carboxylic acids is 1. The van der Waals surface area contributed by atoms with Gasteiger partial charge in [0.15, 0.2) is 0 Å². The van der Waals surface area contributed by atoms with Gasteiger partial charge in [0.2, 0.25) is 5.91 Å². The van der Waals surface area contributed by atoms with Crippen molar-refractivity contribution >= 4 is 18.0 Å². The van der Waals surface area contributed by atoms with Gasteiger partial charge >= 0.3 is 12.1 Å². The lowest BCUT2D eigenvalue weighted by molar-refractivity contribution is -0.138. The molecule has 33 heavy (non-hydrogen) atoms. The Bertz CT molecular complexity index is 933. The molecule has 9 nitrogen and oxygen atoms in total. The number of fused-ring (bicyclic) bond motifs is 3. The van der Waals surface area contributed by atoms with Gasteiger partial charge in [-0.25, -0.2) is 4.79 Å². The average molecular weight is 456 g/mol. The van der Waals surface area contributed by atoms with Crippen LogP contribution in [0.25, 0.3) is 11.1 Å². The Morgan fingerprint density at radius 3 is 2.21 bits per heavy atom. The number of aliphatic hydroxyl groups is 1. The van der Waals surface area contributed by atoms with Crippen LogP contribution in [0.4, 0.5) is 4.79 Å². The van der Waals surface area contributed by atoms with Crippen LogP contribution in [-0.4, -0.2) is 67.2 Å². The van der Waals surface area contributed by atoms with Gasteiger partial charge in [0, 0.05) is 19.0 Å². The van der Waals surface area contributed by atoms with Crippen molar-refractivity contribution in [1.82, 2.24) is 10.6 Å². The molecule has 0 radical (unpaired) electrons. The third kappa shape index (κ3) is 7.03. The molecule has 1 unspecified atom stereocenters. The summed E-state index contributed by atoms with van der Waals surface area (Å²) in [5, 5.41) is 23.5. The molecule has 0 aliphatic heterocycles. The summed E-state index contributed by atoms with van der Waals surface area (Å²) >= 11 is 0. The van der Waals surface area contributed by atoms with Gasteiger partial charge in [0.1, 0.15) is 6.61 Å². The zero-order valence-corrected chi connectivity index (χ0v) is 18.2. The normalized spacial score (nSPS) is 13.0. The fourth-order valence-corrected chi connectivity index (χ4v) is 3.73. The van der Waals surface area contributed by atoms with E-state index in [9.17, 15) is 19.5 Å². The molecule has 1 atom stereocenters. The quantitative estimate of drug-likeness (QED) is 0.358. The van der Waals surface area contributed by atoms with E-state index < -0.39 is 24.1 Å². The van der Waals surface area contributed by atoms with E-state index in [4.69, 9.17) is 14.6 Å². The first-order chi connectivity index (χ1) is 16.0. The molecule has 0 saturated heterocycles. The molecule has 0 bridgehead atoms. The molecule has 0 spiro atoms. The molecule has 0 fully saturated rings. The highest BCUT2D eigenvalue weighted by molar-refractivity contribution is 5.79. The Morgan fingerprint density at radius 2 is 1.58 bits per heavy atom. The van der Waals surface area contributed by atoms with Gasteiger partial charge in [0.05, 0.1) is 32.2 Å². The number of rotatable bonds is 12. The predicted molar refractivity (Wildman–Crippen MR) is 120 cm³/mol. The number of nitrogens with one attached hydrogen (secondary N) is 2. The van der Waals surface area contributed by atoms with Crippen molar-refractivity contribution < 1.29 is 34.1 Å². The first kappa shape index (κ1) is 24.2. The largest absolute Gasteiger partial charge is 0.481 e. The van der Waals surface area contributed by atoms with Gasteiger partial charge in [0.25, 0.3) is 0 Å². The van der Waals surface area contributed by atoms with Gasteiger partial charge in [-0.15, -0.1) is 0 Å². The lowest BCUT2D eigenvalue weighted by Crippen LogP contribution is -2.37. The fraction of sp³-hybridized carbons (Fsp3) is 0.375. The zero-order valence-electron chi connectivity index (χ0n) is 18.2. The topological polar surface area (TPSA) is 134 Å². The van der Waals surface area contributed by atoms with Crippen LogP contribution < -0.4 is 10.6 Å². The van der Waals surface area contributed by atoms with Crippen molar-refractivity contribution in [2.24, 2.45) is 0 Å². The minimum atomic E-state index is -1.07. The highest BCUT2D eigenvalue weighted by atomic mass is 16.5. The lowest BCUT2D eigenvalue weighted by Gasteiger charge is -2.16.